The first-order chi connectivity index (χ1) is 13.6. The highest BCUT2D eigenvalue weighted by molar-refractivity contribution is 6.04. The summed E-state index contributed by atoms with van der Waals surface area (Å²) >= 11 is 0. The molecule has 156 valence electrons. The van der Waals surface area contributed by atoms with Crippen molar-refractivity contribution in [2.75, 3.05) is 44.7 Å². The van der Waals surface area contributed by atoms with E-state index in [-0.39, 0.29) is 36.1 Å². The van der Waals surface area contributed by atoms with Gasteiger partial charge in [0.2, 0.25) is 5.91 Å². The monoisotopic (exact) mass is 419 g/mol. The van der Waals surface area contributed by atoms with Crippen LogP contribution in [0.2, 0.25) is 0 Å². The summed E-state index contributed by atoms with van der Waals surface area (Å²) in [4.78, 5) is 27.7. The van der Waals surface area contributed by atoms with Gasteiger partial charge in [0.1, 0.15) is 0 Å². The number of para-hydroxylation sites is 1. The minimum Gasteiger partial charge on any atom is -0.378 e. The third-order valence-electron chi connectivity index (χ3n) is 5.42. The van der Waals surface area contributed by atoms with E-state index in [4.69, 9.17) is 4.74 Å². The summed E-state index contributed by atoms with van der Waals surface area (Å²) in [6.07, 6.45) is 3.77. The Morgan fingerprint density at radius 2 is 1.97 bits per heavy atom. The van der Waals surface area contributed by atoms with Gasteiger partial charge < -0.3 is 20.3 Å². The van der Waals surface area contributed by atoms with Crippen LogP contribution < -0.4 is 10.6 Å². The molecule has 0 saturated carbocycles. The average Bonchev–Trinajstić information content (AvgIpc) is 3.37. The number of amides is 2. The number of halogens is 1. The summed E-state index contributed by atoms with van der Waals surface area (Å²) in [7, 11) is 1.87. The molecule has 0 bridgehead atoms. The number of carbonyl (C=O) groups excluding carboxylic acids is 2. The van der Waals surface area contributed by atoms with Crippen LogP contribution in [0, 0.1) is 5.92 Å². The number of anilines is 1. The van der Waals surface area contributed by atoms with E-state index in [1.165, 1.54) is 0 Å². The SMILES string of the molecule is Cl.Cn1cc([C@H]2CNC[C@@H]2C(=O)Nc2ccccc2C(=O)N2CCOCC2)cn1. The molecule has 0 spiro atoms. The molecule has 0 unspecified atom stereocenters. The molecule has 2 atom stereocenters. The molecule has 2 N–H and O–H groups in total. The normalized spacial score (nSPS) is 21.5. The second-order valence-electron chi connectivity index (χ2n) is 7.26. The molecule has 2 amide bonds. The lowest BCUT2D eigenvalue weighted by molar-refractivity contribution is -0.119. The Labute approximate surface area is 176 Å². The second kappa shape index (κ2) is 9.39. The number of hydrogen-bond donors (Lipinski definition) is 2. The van der Waals surface area contributed by atoms with Crippen molar-refractivity contribution < 1.29 is 14.3 Å². The van der Waals surface area contributed by atoms with Gasteiger partial charge in [0.05, 0.1) is 36.6 Å². The van der Waals surface area contributed by atoms with Gasteiger partial charge in [0.25, 0.3) is 5.91 Å². The number of aromatic nitrogens is 2. The van der Waals surface area contributed by atoms with Crippen molar-refractivity contribution in [2.45, 2.75) is 5.92 Å². The largest absolute Gasteiger partial charge is 0.378 e. The van der Waals surface area contributed by atoms with Gasteiger partial charge in [-0.2, -0.15) is 5.10 Å². The number of nitrogens with one attached hydrogen (secondary N) is 2. The molecule has 2 aliphatic heterocycles. The van der Waals surface area contributed by atoms with E-state index >= 15 is 0 Å². The average molecular weight is 420 g/mol. The van der Waals surface area contributed by atoms with Crippen LogP contribution >= 0.6 is 12.4 Å². The quantitative estimate of drug-likeness (QED) is 0.778. The summed E-state index contributed by atoms with van der Waals surface area (Å²) in [6.45, 7) is 3.55. The molecule has 1 aromatic heterocycles. The van der Waals surface area contributed by atoms with Crippen LogP contribution in [0.5, 0.6) is 0 Å². The lowest BCUT2D eigenvalue weighted by Gasteiger charge is -2.27. The number of carbonyl (C=O) groups is 2. The Kier molecular flexibility index (Phi) is 6.89. The highest BCUT2D eigenvalue weighted by Gasteiger charge is 2.35. The lowest BCUT2D eigenvalue weighted by atomic mass is 9.90. The molecule has 29 heavy (non-hydrogen) atoms. The van der Waals surface area contributed by atoms with Gasteiger partial charge in [-0.3, -0.25) is 14.3 Å². The fourth-order valence-corrected chi connectivity index (χ4v) is 3.88. The number of aryl methyl sites for hydroxylation is 1. The molecule has 1 aromatic carbocycles. The molecule has 0 aliphatic carbocycles. The summed E-state index contributed by atoms with van der Waals surface area (Å²) in [5.41, 5.74) is 2.12. The maximum absolute atomic E-state index is 13.0. The van der Waals surface area contributed by atoms with Crippen LogP contribution in [0.3, 0.4) is 0 Å². The number of morpholine rings is 1. The molecule has 2 fully saturated rings. The van der Waals surface area contributed by atoms with Gasteiger partial charge in [0.15, 0.2) is 0 Å². The van der Waals surface area contributed by atoms with E-state index < -0.39 is 0 Å². The van der Waals surface area contributed by atoms with Crippen molar-refractivity contribution in [3.8, 4) is 0 Å². The summed E-state index contributed by atoms with van der Waals surface area (Å²) in [6, 6.07) is 7.20. The van der Waals surface area contributed by atoms with Crippen LogP contribution in [-0.2, 0) is 16.6 Å². The maximum atomic E-state index is 13.0. The summed E-state index contributed by atoms with van der Waals surface area (Å²) in [5, 5.41) is 10.5. The molecular weight excluding hydrogens is 394 g/mol. The minimum atomic E-state index is -0.212. The van der Waals surface area contributed by atoms with Crippen LogP contribution in [0.15, 0.2) is 36.7 Å². The van der Waals surface area contributed by atoms with E-state index in [2.05, 4.69) is 15.7 Å². The zero-order valence-corrected chi connectivity index (χ0v) is 17.2. The Morgan fingerprint density at radius 1 is 1.21 bits per heavy atom. The molecule has 2 aromatic rings. The van der Waals surface area contributed by atoms with Crippen molar-refractivity contribution in [1.29, 1.82) is 0 Å². The zero-order valence-electron chi connectivity index (χ0n) is 16.3. The Balaban J connectivity index is 0.00000240. The number of nitrogens with zero attached hydrogens (tertiary/aromatic N) is 3. The Morgan fingerprint density at radius 3 is 2.69 bits per heavy atom. The van der Waals surface area contributed by atoms with E-state index in [9.17, 15) is 9.59 Å². The fraction of sp³-hybridized carbons (Fsp3) is 0.450. The second-order valence-corrected chi connectivity index (χ2v) is 7.26. The lowest BCUT2D eigenvalue weighted by Crippen LogP contribution is -2.41. The molecule has 9 heteroatoms. The molecule has 8 nitrogen and oxygen atoms in total. The van der Waals surface area contributed by atoms with Crippen molar-refractivity contribution >= 4 is 29.9 Å². The standard InChI is InChI=1S/C20H25N5O3.ClH/c1-24-13-14(10-22-24)16-11-21-12-17(16)19(26)23-18-5-3-2-4-15(18)20(27)25-6-8-28-9-7-25;/h2-5,10,13,16-17,21H,6-9,11-12H2,1H3,(H,23,26);1H/t16-,17+;/m1./s1. The predicted molar refractivity (Wildman–Crippen MR) is 111 cm³/mol. The Hall–Kier alpha value is -2.42. The zero-order chi connectivity index (χ0) is 19.5. The highest BCUT2D eigenvalue weighted by atomic mass is 35.5. The van der Waals surface area contributed by atoms with Crippen LogP contribution in [0.1, 0.15) is 21.8 Å². The van der Waals surface area contributed by atoms with E-state index in [1.54, 1.807) is 21.7 Å². The van der Waals surface area contributed by atoms with Crippen molar-refractivity contribution in [2.24, 2.45) is 13.0 Å². The number of hydrogen-bond acceptors (Lipinski definition) is 5. The molecule has 2 aliphatic rings. The molecular formula is C20H26ClN5O3. The van der Waals surface area contributed by atoms with Crippen LogP contribution in [0.4, 0.5) is 5.69 Å². The van der Waals surface area contributed by atoms with Crippen LogP contribution in [0.25, 0.3) is 0 Å². The third-order valence-corrected chi connectivity index (χ3v) is 5.42. The number of ether oxygens (including phenoxy) is 1. The predicted octanol–water partition coefficient (Wildman–Crippen LogP) is 1.26. The molecule has 0 radical (unpaired) electrons. The topological polar surface area (TPSA) is 88.5 Å². The van der Waals surface area contributed by atoms with E-state index in [1.807, 2.05) is 31.6 Å². The first kappa shape index (κ1) is 21.3. The van der Waals surface area contributed by atoms with E-state index in [0.717, 1.165) is 12.1 Å². The van der Waals surface area contributed by atoms with Gasteiger partial charge in [0, 0.05) is 45.3 Å². The van der Waals surface area contributed by atoms with Crippen molar-refractivity contribution in [1.82, 2.24) is 20.0 Å². The fourth-order valence-electron chi connectivity index (χ4n) is 3.88. The first-order valence-corrected chi connectivity index (χ1v) is 9.59. The van der Waals surface area contributed by atoms with Crippen molar-refractivity contribution in [3.63, 3.8) is 0 Å². The first-order valence-electron chi connectivity index (χ1n) is 9.59. The molecule has 3 heterocycles. The molecule has 2 saturated heterocycles. The smallest absolute Gasteiger partial charge is 0.256 e. The highest BCUT2D eigenvalue weighted by Crippen LogP contribution is 2.29. The summed E-state index contributed by atoms with van der Waals surface area (Å²) in [5.74, 6) is -0.305. The van der Waals surface area contributed by atoms with Gasteiger partial charge in [-0.15, -0.1) is 12.4 Å². The minimum absolute atomic E-state index is 0. The van der Waals surface area contributed by atoms with Gasteiger partial charge in [-0.1, -0.05) is 12.1 Å². The summed E-state index contributed by atoms with van der Waals surface area (Å²) < 4.78 is 7.08. The van der Waals surface area contributed by atoms with Gasteiger partial charge in [-0.25, -0.2) is 0 Å². The Bertz CT molecular complexity index is 865. The number of rotatable bonds is 4. The maximum Gasteiger partial charge on any atom is 0.256 e. The van der Waals surface area contributed by atoms with Crippen molar-refractivity contribution in [3.05, 3.63) is 47.8 Å². The van der Waals surface area contributed by atoms with Crippen LogP contribution in [-0.4, -0.2) is 65.9 Å². The van der Waals surface area contributed by atoms with Gasteiger partial charge >= 0.3 is 0 Å². The third kappa shape index (κ3) is 4.60. The van der Waals surface area contributed by atoms with Gasteiger partial charge in [-0.05, 0) is 17.7 Å². The number of benzene rings is 1. The van der Waals surface area contributed by atoms with E-state index in [0.29, 0.717) is 44.1 Å². The molecule has 4 rings (SSSR count).